The molecule has 0 heterocycles. The van der Waals surface area contributed by atoms with E-state index in [-0.39, 0.29) is 0 Å². The molecule has 42 heavy (non-hydrogen) atoms. The summed E-state index contributed by atoms with van der Waals surface area (Å²) < 4.78 is 11.3. The molecular weight excluding hydrogens is 516 g/mol. The number of fused-ring (bicyclic) bond motifs is 1. The maximum Gasteiger partial charge on any atom is 0.120 e. The molecule has 0 aliphatic heterocycles. The summed E-state index contributed by atoms with van der Waals surface area (Å²) in [6.07, 6.45) is 0. The molecule has 6 aromatic rings. The highest BCUT2D eigenvalue weighted by atomic mass is 16.5. The molecular formula is C38H34N2O2. The van der Waals surface area contributed by atoms with Gasteiger partial charge in [0.15, 0.2) is 0 Å². The summed E-state index contributed by atoms with van der Waals surface area (Å²) in [5, 5.41) is 2.30. The molecule has 0 bridgehead atoms. The summed E-state index contributed by atoms with van der Waals surface area (Å²) >= 11 is 0. The van der Waals surface area contributed by atoms with Gasteiger partial charge in [0.2, 0.25) is 0 Å². The van der Waals surface area contributed by atoms with Crippen LogP contribution in [0.5, 0.6) is 11.5 Å². The normalized spacial score (nSPS) is 10.9. The molecule has 0 aliphatic carbocycles. The van der Waals surface area contributed by atoms with E-state index in [4.69, 9.17) is 9.47 Å². The Morgan fingerprint density at radius 1 is 0.429 bits per heavy atom. The molecule has 4 heteroatoms. The molecule has 6 aromatic carbocycles. The van der Waals surface area contributed by atoms with Gasteiger partial charge >= 0.3 is 0 Å². The molecule has 0 aliphatic rings. The second-order valence-electron chi connectivity index (χ2n) is 10.4. The Hall–Kier alpha value is -5.22. The average molecular weight is 551 g/mol. The van der Waals surface area contributed by atoms with Crippen LogP contribution >= 0.6 is 0 Å². The largest absolute Gasteiger partial charge is 0.497 e. The van der Waals surface area contributed by atoms with Crippen molar-refractivity contribution in [2.45, 2.75) is 13.8 Å². The predicted octanol–water partition coefficient (Wildman–Crippen LogP) is 10.4. The summed E-state index contributed by atoms with van der Waals surface area (Å²) in [4.78, 5) is 4.60. The van der Waals surface area contributed by atoms with Crippen LogP contribution in [0, 0.1) is 13.8 Å². The average Bonchev–Trinajstić information content (AvgIpc) is 3.03. The van der Waals surface area contributed by atoms with Crippen LogP contribution in [0.1, 0.15) is 11.1 Å². The monoisotopic (exact) mass is 550 g/mol. The minimum Gasteiger partial charge on any atom is -0.497 e. The third-order valence-electron chi connectivity index (χ3n) is 7.53. The van der Waals surface area contributed by atoms with E-state index in [0.717, 1.165) is 56.4 Å². The van der Waals surface area contributed by atoms with Crippen LogP contribution < -0.4 is 19.3 Å². The molecule has 208 valence electrons. The van der Waals surface area contributed by atoms with E-state index in [2.05, 4.69) is 133 Å². The molecule has 0 saturated carbocycles. The number of aryl methyl sites for hydroxylation is 2. The zero-order valence-corrected chi connectivity index (χ0v) is 24.4. The van der Waals surface area contributed by atoms with Gasteiger partial charge in [-0.3, -0.25) is 0 Å². The van der Waals surface area contributed by atoms with E-state index >= 15 is 0 Å². The van der Waals surface area contributed by atoms with Gasteiger partial charge in [-0.15, -0.1) is 0 Å². The molecule has 0 aromatic heterocycles. The van der Waals surface area contributed by atoms with E-state index in [1.54, 1.807) is 14.2 Å². The third kappa shape index (κ3) is 5.39. The Morgan fingerprint density at radius 2 is 0.952 bits per heavy atom. The summed E-state index contributed by atoms with van der Waals surface area (Å²) in [5.41, 5.74) is 8.71. The minimum absolute atomic E-state index is 0.808. The lowest BCUT2D eigenvalue weighted by atomic mass is 10.0. The van der Waals surface area contributed by atoms with Gasteiger partial charge in [0.05, 0.1) is 19.9 Å². The Balaban J connectivity index is 1.64. The maximum absolute atomic E-state index is 5.65. The van der Waals surface area contributed by atoms with Crippen molar-refractivity contribution in [3.8, 4) is 11.5 Å². The van der Waals surface area contributed by atoms with Gasteiger partial charge in [-0.2, -0.15) is 0 Å². The van der Waals surface area contributed by atoms with Crippen LogP contribution in [0.25, 0.3) is 10.8 Å². The lowest BCUT2D eigenvalue weighted by Crippen LogP contribution is -2.14. The van der Waals surface area contributed by atoms with Crippen molar-refractivity contribution in [2.24, 2.45) is 0 Å². The predicted molar refractivity (Wildman–Crippen MR) is 176 cm³/mol. The van der Waals surface area contributed by atoms with E-state index < -0.39 is 0 Å². The van der Waals surface area contributed by atoms with Gasteiger partial charge in [-0.25, -0.2) is 0 Å². The Labute approximate surface area is 248 Å². The van der Waals surface area contributed by atoms with E-state index in [1.807, 2.05) is 24.3 Å². The van der Waals surface area contributed by atoms with Crippen molar-refractivity contribution in [2.75, 3.05) is 24.0 Å². The molecule has 0 radical (unpaired) electrons. The highest BCUT2D eigenvalue weighted by Crippen LogP contribution is 2.45. The fraction of sp³-hybridized carbons (Fsp3) is 0.105. The standard InChI is InChI=1S/C38H34N2O2/c1-27-15-19-30(20-16-27)39(32-10-7-12-35(24-32)41-3)34-23-29-9-5-6-14-37(29)38(26-34)40(31-21-17-28(2)18-22-31)33-11-8-13-36(25-33)42-4/h5-26H,1-4H3. The first-order valence-electron chi connectivity index (χ1n) is 14.1. The molecule has 0 spiro atoms. The number of methoxy groups -OCH3 is 2. The zero-order chi connectivity index (χ0) is 29.1. The second kappa shape index (κ2) is 11.7. The van der Waals surface area contributed by atoms with Gasteiger partial charge in [-0.05, 0) is 79.9 Å². The third-order valence-corrected chi connectivity index (χ3v) is 7.53. The molecule has 0 fully saturated rings. The smallest absolute Gasteiger partial charge is 0.120 e. The molecule has 0 atom stereocenters. The first-order chi connectivity index (χ1) is 20.5. The first kappa shape index (κ1) is 27.0. The Bertz CT molecular complexity index is 1830. The van der Waals surface area contributed by atoms with Crippen LogP contribution in [0.4, 0.5) is 34.1 Å². The zero-order valence-electron chi connectivity index (χ0n) is 24.4. The van der Waals surface area contributed by atoms with Crippen molar-refractivity contribution >= 4 is 44.9 Å². The van der Waals surface area contributed by atoms with Gasteiger partial charge in [0.25, 0.3) is 0 Å². The lowest BCUT2D eigenvalue weighted by molar-refractivity contribution is 0.415. The molecule has 6 rings (SSSR count). The number of nitrogens with zero attached hydrogens (tertiary/aromatic N) is 2. The molecule has 0 unspecified atom stereocenters. The minimum atomic E-state index is 0.808. The van der Waals surface area contributed by atoms with Crippen LogP contribution in [-0.2, 0) is 0 Å². The fourth-order valence-corrected chi connectivity index (χ4v) is 5.35. The number of hydrogen-bond acceptors (Lipinski definition) is 4. The van der Waals surface area contributed by atoms with Gasteiger partial charge < -0.3 is 19.3 Å². The van der Waals surface area contributed by atoms with Gasteiger partial charge in [0, 0.05) is 46.0 Å². The molecule has 0 saturated heterocycles. The van der Waals surface area contributed by atoms with E-state index in [9.17, 15) is 0 Å². The van der Waals surface area contributed by atoms with Crippen LogP contribution in [0.3, 0.4) is 0 Å². The highest BCUT2D eigenvalue weighted by Gasteiger charge is 2.21. The quantitative estimate of drug-likeness (QED) is 0.188. The number of benzene rings is 6. The number of anilines is 6. The molecule has 0 amide bonds. The fourth-order valence-electron chi connectivity index (χ4n) is 5.35. The lowest BCUT2D eigenvalue weighted by Gasteiger charge is -2.31. The topological polar surface area (TPSA) is 24.9 Å². The van der Waals surface area contributed by atoms with Crippen LogP contribution in [0.15, 0.2) is 133 Å². The van der Waals surface area contributed by atoms with Crippen molar-refractivity contribution in [3.05, 3.63) is 145 Å². The number of hydrogen-bond donors (Lipinski definition) is 0. The van der Waals surface area contributed by atoms with E-state index in [1.165, 1.54) is 11.1 Å². The van der Waals surface area contributed by atoms with Crippen LogP contribution in [0.2, 0.25) is 0 Å². The Morgan fingerprint density at radius 3 is 1.52 bits per heavy atom. The van der Waals surface area contributed by atoms with Crippen molar-refractivity contribution in [3.63, 3.8) is 0 Å². The summed E-state index contributed by atoms with van der Waals surface area (Å²) in [5.74, 6) is 1.62. The van der Waals surface area contributed by atoms with Gasteiger partial charge in [0.1, 0.15) is 11.5 Å². The molecule has 0 N–H and O–H groups in total. The summed E-state index contributed by atoms with van der Waals surface area (Å²) in [6, 6.07) is 46.9. The van der Waals surface area contributed by atoms with Crippen LogP contribution in [-0.4, -0.2) is 14.2 Å². The Kier molecular flexibility index (Phi) is 7.52. The summed E-state index contributed by atoms with van der Waals surface area (Å²) in [7, 11) is 3.41. The van der Waals surface area contributed by atoms with Gasteiger partial charge in [-0.1, -0.05) is 71.8 Å². The van der Waals surface area contributed by atoms with E-state index in [0.29, 0.717) is 0 Å². The van der Waals surface area contributed by atoms with Crippen molar-refractivity contribution in [1.82, 2.24) is 0 Å². The van der Waals surface area contributed by atoms with Crippen molar-refractivity contribution < 1.29 is 9.47 Å². The maximum atomic E-state index is 5.65. The van der Waals surface area contributed by atoms with Crippen molar-refractivity contribution in [1.29, 1.82) is 0 Å². The second-order valence-corrected chi connectivity index (χ2v) is 10.4. The highest BCUT2D eigenvalue weighted by molar-refractivity contribution is 6.02. The SMILES string of the molecule is COc1cccc(N(c2ccc(C)cc2)c2cc(N(c3ccc(C)cc3)c3cccc(OC)c3)c3ccccc3c2)c1. The number of ether oxygens (including phenoxy) is 2. The molecule has 4 nitrogen and oxygen atoms in total. The summed E-state index contributed by atoms with van der Waals surface area (Å²) in [6.45, 7) is 4.23. The first-order valence-corrected chi connectivity index (χ1v) is 14.1. The number of rotatable bonds is 8.